The van der Waals surface area contributed by atoms with Crippen LogP contribution in [-0.4, -0.2) is 163 Å². The van der Waals surface area contributed by atoms with Gasteiger partial charge in [0.25, 0.3) is 23.6 Å². The molecule has 4 amide bonds. The Bertz CT molecular complexity index is 2810. The average Bonchev–Trinajstić information content (AvgIpc) is 2.93. The van der Waals surface area contributed by atoms with Crippen molar-refractivity contribution in [2.45, 2.75) is 222 Å². The van der Waals surface area contributed by atoms with Gasteiger partial charge in [-0.3, -0.25) is 28.5 Å². The maximum absolute atomic E-state index is 15.1. The first-order valence-electron chi connectivity index (χ1n) is 31.1. The van der Waals surface area contributed by atoms with Gasteiger partial charge in [-0.15, -0.1) is 0 Å². The Morgan fingerprint density at radius 2 is 0.648 bits per heavy atom. The number of hydrogen-bond acceptors (Lipinski definition) is 14. The van der Waals surface area contributed by atoms with Crippen LogP contribution in [0, 0.1) is 23.7 Å². The lowest BCUT2D eigenvalue weighted by Gasteiger charge is -2.35. The van der Waals surface area contributed by atoms with E-state index >= 15 is 9.59 Å². The molecular weight excluding hydrogens is 1120 g/mol. The number of likely N-dealkylation sites (N-methyl/N-ethyl adjacent to an activating group) is 4. The normalized spacial score (nSPS) is 22.6. The number of rotatable bonds is 16. The van der Waals surface area contributed by atoms with Gasteiger partial charge in [0.15, 0.2) is 24.4 Å². The van der Waals surface area contributed by atoms with Gasteiger partial charge in [-0.1, -0.05) is 145 Å². The van der Waals surface area contributed by atoms with Crippen molar-refractivity contribution < 1.29 is 57.3 Å². The number of benzene rings is 2. The lowest BCUT2D eigenvalue weighted by atomic mass is 9.90. The molecule has 484 valence electrons. The second kappa shape index (κ2) is 30.7. The molecule has 88 heavy (non-hydrogen) atoms. The minimum absolute atomic E-state index is 0.0803. The lowest BCUT2D eigenvalue weighted by molar-refractivity contribution is -0.176. The zero-order valence-electron chi connectivity index (χ0n) is 56.0. The minimum atomic E-state index is -1.54. The van der Waals surface area contributed by atoms with Gasteiger partial charge in [-0.25, -0.2) is 19.2 Å². The van der Waals surface area contributed by atoms with Crippen molar-refractivity contribution in [2.75, 3.05) is 28.2 Å². The molecular formula is C68H100N8O12. The van der Waals surface area contributed by atoms with Gasteiger partial charge in [-0.05, 0) is 107 Å². The van der Waals surface area contributed by atoms with Crippen molar-refractivity contribution in [3.63, 3.8) is 0 Å². The smallest absolute Gasteiger partial charge is 0.329 e. The van der Waals surface area contributed by atoms with E-state index in [0.717, 1.165) is 32.1 Å². The van der Waals surface area contributed by atoms with E-state index in [1.54, 1.807) is 0 Å². The summed E-state index contributed by atoms with van der Waals surface area (Å²) in [6.07, 6.45) is 1.68. The Hall–Kier alpha value is -7.38. The Kier molecular flexibility index (Phi) is 24.9. The van der Waals surface area contributed by atoms with E-state index in [4.69, 9.17) is 18.9 Å². The van der Waals surface area contributed by atoms with Crippen LogP contribution in [0.5, 0.6) is 0 Å². The summed E-state index contributed by atoms with van der Waals surface area (Å²) in [5.74, 6) is -7.44. The number of ether oxygens (including phenoxy) is 4. The Morgan fingerprint density at radius 3 is 0.898 bits per heavy atom. The number of amides is 4. The van der Waals surface area contributed by atoms with E-state index in [2.05, 4.69) is 51.7 Å². The van der Waals surface area contributed by atoms with Crippen molar-refractivity contribution in [3.05, 3.63) is 107 Å². The second-order valence-corrected chi connectivity index (χ2v) is 27.8. The van der Waals surface area contributed by atoms with Crippen LogP contribution in [0.25, 0.3) is 0 Å². The molecule has 5 rings (SSSR count). The Balaban J connectivity index is 1.58. The summed E-state index contributed by atoms with van der Waals surface area (Å²) in [6, 6.07) is 9.70. The second-order valence-electron chi connectivity index (χ2n) is 27.8. The van der Waals surface area contributed by atoms with Gasteiger partial charge in [0.1, 0.15) is 24.2 Å². The van der Waals surface area contributed by atoms with Gasteiger partial charge in [0, 0.05) is 53.4 Å². The van der Waals surface area contributed by atoms with Gasteiger partial charge in [0.2, 0.25) is 0 Å². The molecule has 0 spiro atoms. The molecule has 1 aliphatic rings. The monoisotopic (exact) mass is 1220 g/mol. The fraction of sp³-hybridized carbons (Fsp3) is 0.618. The molecule has 0 unspecified atom stereocenters. The minimum Gasteiger partial charge on any atom is -0.451 e. The third-order valence-electron chi connectivity index (χ3n) is 16.1. The fourth-order valence-corrected chi connectivity index (χ4v) is 10.5. The number of nitrogens with zero attached hydrogens (tertiary/aromatic N) is 8. The summed E-state index contributed by atoms with van der Waals surface area (Å²) in [7, 11) is 5.60. The molecule has 0 saturated carbocycles. The maximum Gasteiger partial charge on any atom is 0.329 e. The van der Waals surface area contributed by atoms with Crippen LogP contribution in [-0.2, 0) is 94.1 Å². The van der Waals surface area contributed by atoms with E-state index in [-0.39, 0.29) is 73.0 Å². The van der Waals surface area contributed by atoms with Crippen LogP contribution < -0.4 is 0 Å². The van der Waals surface area contributed by atoms with Crippen molar-refractivity contribution >= 4 is 47.5 Å². The molecule has 2 aromatic heterocycles. The zero-order valence-corrected chi connectivity index (χ0v) is 56.0. The number of carbonyl (C=O) groups is 8. The van der Waals surface area contributed by atoms with E-state index in [1.807, 2.05) is 138 Å². The van der Waals surface area contributed by atoms with Crippen molar-refractivity contribution in [2.24, 2.45) is 23.7 Å². The van der Waals surface area contributed by atoms with Crippen molar-refractivity contribution in [3.8, 4) is 0 Å². The van der Waals surface area contributed by atoms with Crippen LogP contribution in [0.15, 0.2) is 73.3 Å². The molecule has 1 fully saturated rings. The van der Waals surface area contributed by atoms with Gasteiger partial charge >= 0.3 is 23.9 Å². The summed E-state index contributed by atoms with van der Waals surface area (Å²) in [4.78, 5) is 123. The predicted molar refractivity (Wildman–Crippen MR) is 335 cm³/mol. The van der Waals surface area contributed by atoms with Crippen LogP contribution in [0.2, 0.25) is 0 Å². The molecule has 3 heterocycles. The summed E-state index contributed by atoms with van der Waals surface area (Å²) in [6.45, 7) is 31.2. The van der Waals surface area contributed by atoms with E-state index < -0.39 is 96.1 Å². The summed E-state index contributed by atoms with van der Waals surface area (Å²) >= 11 is 0. The number of esters is 4. The SMILES string of the molecule is CC(C)C[C@H]1C(=O)O[C@H](Cc2ccc(Cn3cc(C(C)(C)C)cn3)cc2)C(=O)N(C)[C@@H](CC(C)C)C(=O)O[C@H](C)C(=O)N(C)[C@@H](CC(C)C)C(=O)O[C@H](Cc2ccc(Cn3cc(C(C)(C)C)cn3)cc2)C(=O)N(C)[C@@H](CC(C)C)C(=O)O[C@H](C)C(=O)N1C. The van der Waals surface area contributed by atoms with E-state index in [9.17, 15) is 28.8 Å². The highest BCUT2D eigenvalue weighted by atomic mass is 16.6. The molecule has 20 heteroatoms. The maximum atomic E-state index is 15.1. The Morgan fingerprint density at radius 1 is 0.398 bits per heavy atom. The molecule has 0 bridgehead atoms. The van der Waals surface area contributed by atoms with Crippen LogP contribution in [0.4, 0.5) is 0 Å². The first-order chi connectivity index (χ1) is 40.9. The van der Waals surface area contributed by atoms with Gasteiger partial charge in [-0.2, -0.15) is 10.2 Å². The molecule has 4 aromatic rings. The van der Waals surface area contributed by atoms with E-state index in [0.29, 0.717) is 24.2 Å². The topological polar surface area (TPSA) is 222 Å². The number of cyclic esters (lactones) is 4. The first-order valence-corrected chi connectivity index (χ1v) is 31.1. The number of hydrogen-bond donors (Lipinski definition) is 0. The van der Waals surface area contributed by atoms with Crippen molar-refractivity contribution in [1.82, 2.24) is 39.2 Å². The van der Waals surface area contributed by atoms with E-state index in [1.165, 1.54) is 51.8 Å². The molecule has 1 aliphatic heterocycles. The summed E-state index contributed by atoms with van der Waals surface area (Å²) in [5, 5.41) is 9.10. The molecule has 8 atom stereocenters. The van der Waals surface area contributed by atoms with Crippen LogP contribution in [0.1, 0.15) is 170 Å². The molecule has 0 radical (unpaired) electrons. The fourth-order valence-electron chi connectivity index (χ4n) is 10.5. The van der Waals surface area contributed by atoms with Crippen molar-refractivity contribution in [1.29, 1.82) is 0 Å². The third kappa shape index (κ3) is 19.8. The lowest BCUT2D eigenvalue weighted by Crippen LogP contribution is -2.55. The number of carbonyl (C=O) groups excluding carboxylic acids is 8. The van der Waals surface area contributed by atoms with Crippen LogP contribution >= 0.6 is 0 Å². The highest BCUT2D eigenvalue weighted by Gasteiger charge is 2.43. The first kappa shape index (κ1) is 71.4. The molecule has 2 aromatic carbocycles. The summed E-state index contributed by atoms with van der Waals surface area (Å²) < 4.78 is 28.1. The van der Waals surface area contributed by atoms with Gasteiger partial charge in [0.05, 0.1) is 25.5 Å². The van der Waals surface area contributed by atoms with Gasteiger partial charge < -0.3 is 38.5 Å². The predicted octanol–water partition coefficient (Wildman–Crippen LogP) is 8.75. The third-order valence-corrected chi connectivity index (χ3v) is 16.1. The Labute approximate surface area is 522 Å². The summed E-state index contributed by atoms with van der Waals surface area (Å²) in [5.41, 5.74) is 5.05. The standard InChI is InChI=1S/C68H100N8O12/c1-41(2)29-53-63(81)85-45(9)59(77)71(17)56(32-44(7)8)66(84)88-58(34-48-23-27-50(28-24-48)38-76-40-52(36-70-76)68(14,15)16)62(80)74(20)54(30-42(3)4)64(82)86-46(10)60(78)72(18)55(31-43(5)6)65(83)87-57(61(79)73(53)19)33-47-21-25-49(26-22-47)37-75-39-51(35-69-75)67(11,12)13/h21-28,35-36,39-46,53-58H,29-34,37-38H2,1-20H3/t45-,46-,53+,54+,55+,56+,57-,58-/m1/s1. The highest BCUT2D eigenvalue weighted by Crippen LogP contribution is 2.27. The number of aromatic nitrogens is 4. The molecule has 1 saturated heterocycles. The van der Waals surface area contributed by atoms with Crippen LogP contribution in [0.3, 0.4) is 0 Å². The molecule has 20 nitrogen and oxygen atoms in total. The highest BCUT2D eigenvalue weighted by molar-refractivity contribution is 5.94. The average molecular weight is 1220 g/mol. The molecule has 0 N–H and O–H groups in total. The quantitative estimate of drug-likeness (QED) is 0.0756. The largest absolute Gasteiger partial charge is 0.451 e. The zero-order chi connectivity index (χ0) is 65.9. The molecule has 0 aliphatic carbocycles.